The van der Waals surface area contributed by atoms with Gasteiger partial charge in [-0.15, -0.1) is 10.2 Å². The van der Waals surface area contributed by atoms with Crippen LogP contribution >= 0.6 is 0 Å². The lowest BCUT2D eigenvalue weighted by Gasteiger charge is -2.07. The summed E-state index contributed by atoms with van der Waals surface area (Å²) in [4.78, 5) is 12.6. The highest BCUT2D eigenvalue weighted by molar-refractivity contribution is 5.91. The zero-order valence-corrected chi connectivity index (χ0v) is 22.3. The first-order chi connectivity index (χ1) is 19.7. The van der Waals surface area contributed by atoms with Crippen LogP contribution in [0.5, 0.6) is 17.2 Å². The molecule has 0 atom stereocenters. The molecule has 0 spiro atoms. The summed E-state index contributed by atoms with van der Waals surface area (Å²) >= 11 is 0. The number of esters is 1. The van der Waals surface area contributed by atoms with Gasteiger partial charge >= 0.3 is 5.97 Å². The van der Waals surface area contributed by atoms with E-state index in [4.69, 9.17) is 18.6 Å². The first kappa shape index (κ1) is 26.7. The van der Waals surface area contributed by atoms with E-state index in [-0.39, 0.29) is 0 Å². The molecule has 7 heteroatoms. The quantitative estimate of drug-likeness (QED) is 0.0918. The molecule has 202 valence electrons. The SMILES string of the molecule is CCCCCOc1ccc(C(=O)Oc2ccc(-c3nnc(-c4ccc(OCc5ccccc5)cc4)o3)cc2)cc1. The Balaban J connectivity index is 1.15. The van der Waals surface area contributed by atoms with Crippen LogP contribution in [0.15, 0.2) is 108 Å². The first-order valence-electron chi connectivity index (χ1n) is 13.3. The smallest absolute Gasteiger partial charge is 0.343 e. The van der Waals surface area contributed by atoms with Crippen LogP contribution in [0.2, 0.25) is 0 Å². The molecule has 1 aromatic heterocycles. The highest BCUT2D eigenvalue weighted by atomic mass is 16.5. The molecule has 40 heavy (non-hydrogen) atoms. The molecule has 0 N–H and O–H groups in total. The second-order valence-corrected chi connectivity index (χ2v) is 9.20. The van der Waals surface area contributed by atoms with Crippen LogP contribution in [0.3, 0.4) is 0 Å². The van der Waals surface area contributed by atoms with Gasteiger partial charge in [0, 0.05) is 11.1 Å². The molecule has 0 radical (unpaired) electrons. The van der Waals surface area contributed by atoms with Crippen LogP contribution in [0.25, 0.3) is 22.9 Å². The number of rotatable bonds is 12. The van der Waals surface area contributed by atoms with Crippen molar-refractivity contribution in [2.75, 3.05) is 6.61 Å². The Kier molecular flexibility index (Phi) is 8.84. The predicted molar refractivity (Wildman–Crippen MR) is 152 cm³/mol. The van der Waals surface area contributed by atoms with Crippen LogP contribution in [0, 0.1) is 0 Å². The van der Waals surface area contributed by atoms with Gasteiger partial charge < -0.3 is 18.6 Å². The van der Waals surface area contributed by atoms with Crippen molar-refractivity contribution in [2.24, 2.45) is 0 Å². The summed E-state index contributed by atoms with van der Waals surface area (Å²) in [5.74, 6) is 2.23. The van der Waals surface area contributed by atoms with E-state index in [0.717, 1.165) is 41.9 Å². The molecule has 5 aromatic rings. The van der Waals surface area contributed by atoms with Gasteiger partial charge in [0.1, 0.15) is 23.9 Å². The van der Waals surface area contributed by atoms with Crippen molar-refractivity contribution in [3.05, 3.63) is 114 Å². The molecule has 0 bridgehead atoms. The highest BCUT2D eigenvalue weighted by Gasteiger charge is 2.13. The number of ether oxygens (including phenoxy) is 3. The maximum Gasteiger partial charge on any atom is 0.343 e. The zero-order valence-electron chi connectivity index (χ0n) is 22.3. The lowest BCUT2D eigenvalue weighted by atomic mass is 10.2. The van der Waals surface area contributed by atoms with Gasteiger partial charge in [-0.2, -0.15) is 0 Å². The maximum atomic E-state index is 12.6. The van der Waals surface area contributed by atoms with E-state index in [2.05, 4.69) is 17.1 Å². The summed E-state index contributed by atoms with van der Waals surface area (Å²) in [6.07, 6.45) is 3.29. The van der Waals surface area contributed by atoms with Crippen molar-refractivity contribution in [3.8, 4) is 40.2 Å². The third kappa shape index (κ3) is 7.14. The average molecular weight is 535 g/mol. The van der Waals surface area contributed by atoms with Gasteiger partial charge in [-0.1, -0.05) is 50.1 Å². The van der Waals surface area contributed by atoms with E-state index in [1.54, 1.807) is 48.5 Å². The molecule has 0 fully saturated rings. The number of hydrogen-bond acceptors (Lipinski definition) is 7. The molecule has 1 heterocycles. The zero-order chi connectivity index (χ0) is 27.6. The standard InChI is InChI=1S/C33H30N2O5/c1-2-3-7-22-37-28-18-14-27(15-19-28)33(36)39-30-20-12-26(13-21-30)32-35-34-31(40-32)25-10-16-29(17-11-25)38-23-24-8-5-4-6-9-24/h4-6,8-21H,2-3,7,22-23H2,1H3. The minimum absolute atomic E-state index is 0.367. The van der Waals surface area contributed by atoms with Crippen molar-refractivity contribution in [2.45, 2.75) is 32.8 Å². The van der Waals surface area contributed by atoms with Crippen molar-refractivity contribution >= 4 is 5.97 Å². The summed E-state index contributed by atoms with van der Waals surface area (Å²) in [6, 6.07) is 31.4. The number of carbonyl (C=O) groups is 1. The Morgan fingerprint density at radius 3 is 1.88 bits per heavy atom. The Morgan fingerprint density at radius 1 is 0.675 bits per heavy atom. The van der Waals surface area contributed by atoms with Crippen LogP contribution in [-0.2, 0) is 6.61 Å². The minimum Gasteiger partial charge on any atom is -0.494 e. The maximum absolute atomic E-state index is 12.6. The third-order valence-electron chi connectivity index (χ3n) is 6.19. The number of aromatic nitrogens is 2. The Hall–Kier alpha value is -4.91. The van der Waals surface area contributed by atoms with Gasteiger partial charge in [-0.05, 0) is 84.8 Å². The van der Waals surface area contributed by atoms with E-state index < -0.39 is 5.97 Å². The molecular formula is C33H30N2O5. The van der Waals surface area contributed by atoms with Gasteiger partial charge in [-0.3, -0.25) is 0 Å². The summed E-state index contributed by atoms with van der Waals surface area (Å²) in [5, 5.41) is 8.35. The van der Waals surface area contributed by atoms with Crippen molar-refractivity contribution in [1.82, 2.24) is 10.2 Å². The molecule has 0 amide bonds. The van der Waals surface area contributed by atoms with Gasteiger partial charge in [0.05, 0.1) is 12.2 Å². The molecule has 5 rings (SSSR count). The number of nitrogens with zero attached hydrogens (tertiary/aromatic N) is 2. The molecule has 4 aromatic carbocycles. The number of hydrogen-bond donors (Lipinski definition) is 0. The van der Waals surface area contributed by atoms with Gasteiger partial charge in [-0.25, -0.2) is 4.79 Å². The monoisotopic (exact) mass is 534 g/mol. The lowest BCUT2D eigenvalue weighted by molar-refractivity contribution is 0.0734. The lowest BCUT2D eigenvalue weighted by Crippen LogP contribution is -2.08. The number of unbranched alkanes of at least 4 members (excludes halogenated alkanes) is 2. The Bertz CT molecular complexity index is 1500. The molecule has 0 aliphatic heterocycles. The van der Waals surface area contributed by atoms with E-state index in [1.165, 1.54) is 0 Å². The molecule has 7 nitrogen and oxygen atoms in total. The fourth-order valence-corrected chi connectivity index (χ4v) is 3.95. The predicted octanol–water partition coefficient (Wildman–Crippen LogP) is 7.77. The van der Waals surface area contributed by atoms with Gasteiger partial charge in [0.15, 0.2) is 0 Å². The Labute approximate surface area is 233 Å². The van der Waals surface area contributed by atoms with Gasteiger partial charge in [0.25, 0.3) is 0 Å². The van der Waals surface area contributed by atoms with E-state index in [0.29, 0.717) is 41.9 Å². The fourth-order valence-electron chi connectivity index (χ4n) is 3.95. The van der Waals surface area contributed by atoms with E-state index in [1.807, 2.05) is 54.6 Å². The van der Waals surface area contributed by atoms with Gasteiger partial charge in [0.2, 0.25) is 11.8 Å². The number of benzene rings is 4. The highest BCUT2D eigenvalue weighted by Crippen LogP contribution is 2.27. The van der Waals surface area contributed by atoms with Crippen molar-refractivity contribution < 1.29 is 23.4 Å². The van der Waals surface area contributed by atoms with Crippen LogP contribution in [0.1, 0.15) is 42.1 Å². The summed E-state index contributed by atoms with van der Waals surface area (Å²) in [7, 11) is 0. The van der Waals surface area contributed by atoms with Crippen LogP contribution in [-0.4, -0.2) is 22.8 Å². The normalized spacial score (nSPS) is 10.7. The Morgan fingerprint density at radius 2 is 1.25 bits per heavy atom. The third-order valence-corrected chi connectivity index (χ3v) is 6.19. The molecule has 0 saturated carbocycles. The fraction of sp³-hybridized carbons (Fsp3) is 0.182. The molecule has 0 saturated heterocycles. The second kappa shape index (κ2) is 13.2. The first-order valence-corrected chi connectivity index (χ1v) is 13.3. The molecular weight excluding hydrogens is 504 g/mol. The molecule has 0 aliphatic carbocycles. The molecule has 0 unspecified atom stereocenters. The summed E-state index contributed by atoms with van der Waals surface area (Å²) in [5.41, 5.74) is 3.05. The average Bonchev–Trinajstić information content (AvgIpc) is 3.50. The topological polar surface area (TPSA) is 83.7 Å². The summed E-state index contributed by atoms with van der Waals surface area (Å²) in [6.45, 7) is 3.32. The largest absolute Gasteiger partial charge is 0.494 e. The number of carbonyl (C=O) groups excluding carboxylic acids is 1. The van der Waals surface area contributed by atoms with E-state index >= 15 is 0 Å². The molecule has 0 aliphatic rings. The van der Waals surface area contributed by atoms with Crippen LogP contribution in [0.4, 0.5) is 0 Å². The van der Waals surface area contributed by atoms with Crippen molar-refractivity contribution in [1.29, 1.82) is 0 Å². The minimum atomic E-state index is -0.443. The summed E-state index contributed by atoms with van der Waals surface area (Å²) < 4.78 is 22.9. The van der Waals surface area contributed by atoms with E-state index in [9.17, 15) is 4.79 Å². The van der Waals surface area contributed by atoms with Crippen LogP contribution < -0.4 is 14.2 Å². The van der Waals surface area contributed by atoms with Crippen molar-refractivity contribution in [3.63, 3.8) is 0 Å². The second-order valence-electron chi connectivity index (χ2n) is 9.20.